The standard InChI is InChI=1S/C13H17N3O/c1-9-5-11(17)16(7-13(2,3)4)12-10(9)6-14-8-15-12/h5-6,8H,7H2,1-4H3. The molecule has 0 bridgehead atoms. The predicted molar refractivity (Wildman–Crippen MR) is 68.0 cm³/mol. The maximum atomic E-state index is 12.0. The van der Waals surface area contributed by atoms with Crippen molar-refractivity contribution in [1.29, 1.82) is 0 Å². The Morgan fingerprint density at radius 3 is 2.71 bits per heavy atom. The summed E-state index contributed by atoms with van der Waals surface area (Å²) < 4.78 is 1.73. The lowest BCUT2D eigenvalue weighted by Gasteiger charge is -2.21. The molecule has 2 aromatic heterocycles. The van der Waals surface area contributed by atoms with Gasteiger partial charge in [-0.25, -0.2) is 9.97 Å². The lowest BCUT2D eigenvalue weighted by atomic mass is 9.96. The van der Waals surface area contributed by atoms with Crippen LogP contribution in [0.2, 0.25) is 0 Å². The minimum absolute atomic E-state index is 0.00336. The highest BCUT2D eigenvalue weighted by Crippen LogP contribution is 2.19. The van der Waals surface area contributed by atoms with Gasteiger partial charge in [0.1, 0.15) is 12.0 Å². The van der Waals surface area contributed by atoms with Gasteiger partial charge in [-0.05, 0) is 17.9 Å². The van der Waals surface area contributed by atoms with E-state index in [1.54, 1.807) is 16.8 Å². The predicted octanol–water partition coefficient (Wildman–Crippen LogP) is 2.15. The molecule has 2 aromatic rings. The maximum absolute atomic E-state index is 12.0. The van der Waals surface area contributed by atoms with Crippen LogP contribution in [0.4, 0.5) is 0 Å². The lowest BCUT2D eigenvalue weighted by molar-refractivity contribution is 0.343. The van der Waals surface area contributed by atoms with Crippen molar-refractivity contribution in [2.75, 3.05) is 0 Å². The van der Waals surface area contributed by atoms with Crippen LogP contribution < -0.4 is 5.56 Å². The van der Waals surface area contributed by atoms with E-state index in [2.05, 4.69) is 30.7 Å². The summed E-state index contributed by atoms with van der Waals surface area (Å²) >= 11 is 0. The van der Waals surface area contributed by atoms with Crippen molar-refractivity contribution in [1.82, 2.24) is 14.5 Å². The largest absolute Gasteiger partial charge is 0.292 e. The van der Waals surface area contributed by atoms with Gasteiger partial charge in [-0.3, -0.25) is 9.36 Å². The number of aromatic nitrogens is 3. The third-order valence-corrected chi connectivity index (χ3v) is 2.61. The molecule has 0 aliphatic rings. The first-order valence-corrected chi connectivity index (χ1v) is 5.69. The SMILES string of the molecule is Cc1cc(=O)n(CC(C)(C)C)c2ncncc12. The fraction of sp³-hybridized carbons (Fsp3) is 0.462. The molecule has 17 heavy (non-hydrogen) atoms. The average Bonchev–Trinajstić information content (AvgIpc) is 2.23. The van der Waals surface area contributed by atoms with E-state index in [0.717, 1.165) is 16.6 Å². The normalized spacial score (nSPS) is 12.0. The van der Waals surface area contributed by atoms with Crippen molar-refractivity contribution in [2.24, 2.45) is 5.41 Å². The van der Waals surface area contributed by atoms with Crippen LogP contribution in [-0.4, -0.2) is 14.5 Å². The van der Waals surface area contributed by atoms with E-state index in [9.17, 15) is 4.79 Å². The second-order valence-corrected chi connectivity index (χ2v) is 5.57. The number of hydrogen-bond acceptors (Lipinski definition) is 3. The first-order valence-electron chi connectivity index (χ1n) is 5.69. The van der Waals surface area contributed by atoms with Gasteiger partial charge in [0, 0.05) is 24.2 Å². The van der Waals surface area contributed by atoms with Crippen molar-refractivity contribution in [3.63, 3.8) is 0 Å². The number of fused-ring (bicyclic) bond motifs is 1. The summed E-state index contributed by atoms with van der Waals surface area (Å²) in [5.41, 5.74) is 1.69. The summed E-state index contributed by atoms with van der Waals surface area (Å²) in [5.74, 6) is 0. The molecule has 0 fully saturated rings. The van der Waals surface area contributed by atoms with Gasteiger partial charge in [-0.2, -0.15) is 0 Å². The van der Waals surface area contributed by atoms with E-state index in [1.807, 2.05) is 6.92 Å². The number of aryl methyl sites for hydroxylation is 1. The second kappa shape index (κ2) is 3.95. The zero-order valence-corrected chi connectivity index (χ0v) is 10.7. The molecule has 0 N–H and O–H groups in total. The summed E-state index contributed by atoms with van der Waals surface area (Å²) in [6.45, 7) is 8.87. The molecule has 0 unspecified atom stereocenters. The molecule has 0 spiro atoms. The van der Waals surface area contributed by atoms with E-state index in [-0.39, 0.29) is 11.0 Å². The Bertz CT molecular complexity index is 608. The van der Waals surface area contributed by atoms with Crippen LogP contribution in [0.3, 0.4) is 0 Å². The van der Waals surface area contributed by atoms with Crippen molar-refractivity contribution in [3.8, 4) is 0 Å². The molecule has 0 aliphatic heterocycles. The summed E-state index contributed by atoms with van der Waals surface area (Å²) in [4.78, 5) is 20.3. The summed E-state index contributed by atoms with van der Waals surface area (Å²) in [6.07, 6.45) is 3.25. The Morgan fingerprint density at radius 2 is 2.06 bits per heavy atom. The van der Waals surface area contributed by atoms with Crippen LogP contribution in [-0.2, 0) is 6.54 Å². The highest BCUT2D eigenvalue weighted by atomic mass is 16.1. The zero-order chi connectivity index (χ0) is 12.6. The quantitative estimate of drug-likeness (QED) is 0.755. The van der Waals surface area contributed by atoms with Gasteiger partial charge in [0.15, 0.2) is 0 Å². The fourth-order valence-electron chi connectivity index (χ4n) is 1.89. The summed E-state index contributed by atoms with van der Waals surface area (Å²) in [5, 5.41) is 0.941. The molecule has 2 rings (SSSR count). The van der Waals surface area contributed by atoms with Crippen molar-refractivity contribution in [3.05, 3.63) is 34.5 Å². The van der Waals surface area contributed by atoms with E-state index in [1.165, 1.54) is 6.33 Å². The van der Waals surface area contributed by atoms with E-state index in [0.29, 0.717) is 6.54 Å². The minimum atomic E-state index is 0.00336. The van der Waals surface area contributed by atoms with Gasteiger partial charge < -0.3 is 0 Å². The number of hydrogen-bond donors (Lipinski definition) is 0. The van der Waals surface area contributed by atoms with Gasteiger partial charge in [-0.1, -0.05) is 20.8 Å². The molecule has 2 heterocycles. The lowest BCUT2D eigenvalue weighted by Crippen LogP contribution is -2.27. The van der Waals surface area contributed by atoms with Gasteiger partial charge >= 0.3 is 0 Å². The highest BCUT2D eigenvalue weighted by molar-refractivity contribution is 5.77. The number of rotatable bonds is 1. The van der Waals surface area contributed by atoms with Gasteiger partial charge in [0.05, 0.1) is 0 Å². The molecule has 0 atom stereocenters. The van der Waals surface area contributed by atoms with Crippen LogP contribution in [0, 0.1) is 12.3 Å². The van der Waals surface area contributed by atoms with Crippen LogP contribution in [0.25, 0.3) is 11.0 Å². The van der Waals surface area contributed by atoms with Gasteiger partial charge in [-0.15, -0.1) is 0 Å². The molecule has 0 radical (unpaired) electrons. The Hall–Kier alpha value is -1.71. The van der Waals surface area contributed by atoms with E-state index in [4.69, 9.17) is 0 Å². The maximum Gasteiger partial charge on any atom is 0.252 e. The molecule has 0 saturated heterocycles. The van der Waals surface area contributed by atoms with Crippen molar-refractivity contribution < 1.29 is 0 Å². The van der Waals surface area contributed by atoms with E-state index >= 15 is 0 Å². The van der Waals surface area contributed by atoms with Gasteiger partial charge in [0.25, 0.3) is 5.56 Å². The molecule has 4 nitrogen and oxygen atoms in total. The Morgan fingerprint density at radius 1 is 1.35 bits per heavy atom. The summed E-state index contributed by atoms with van der Waals surface area (Å²) in [7, 11) is 0. The highest BCUT2D eigenvalue weighted by Gasteiger charge is 2.15. The van der Waals surface area contributed by atoms with Crippen LogP contribution >= 0.6 is 0 Å². The van der Waals surface area contributed by atoms with Crippen LogP contribution in [0.1, 0.15) is 26.3 Å². The first kappa shape index (κ1) is 11.8. The first-order chi connectivity index (χ1) is 7.88. The molecular formula is C13H17N3O. The Balaban J connectivity index is 2.74. The summed E-state index contributed by atoms with van der Waals surface area (Å²) in [6, 6.07) is 1.65. The smallest absolute Gasteiger partial charge is 0.252 e. The molecule has 0 aliphatic carbocycles. The monoisotopic (exact) mass is 231 g/mol. The molecule has 0 amide bonds. The Kier molecular flexibility index (Phi) is 2.73. The Labute approximate surface area is 100 Å². The second-order valence-electron chi connectivity index (χ2n) is 5.57. The molecular weight excluding hydrogens is 214 g/mol. The fourth-order valence-corrected chi connectivity index (χ4v) is 1.89. The van der Waals surface area contributed by atoms with Gasteiger partial charge in [0.2, 0.25) is 0 Å². The van der Waals surface area contributed by atoms with Crippen LogP contribution in [0.5, 0.6) is 0 Å². The molecule has 0 saturated carbocycles. The average molecular weight is 231 g/mol. The van der Waals surface area contributed by atoms with Crippen molar-refractivity contribution in [2.45, 2.75) is 34.2 Å². The third-order valence-electron chi connectivity index (χ3n) is 2.61. The molecule has 4 heteroatoms. The van der Waals surface area contributed by atoms with Crippen LogP contribution in [0.15, 0.2) is 23.4 Å². The third kappa shape index (κ3) is 2.35. The molecule has 0 aromatic carbocycles. The van der Waals surface area contributed by atoms with E-state index < -0.39 is 0 Å². The molecule has 90 valence electrons. The zero-order valence-electron chi connectivity index (χ0n) is 10.7. The minimum Gasteiger partial charge on any atom is -0.292 e. The van der Waals surface area contributed by atoms with Crippen molar-refractivity contribution >= 4 is 11.0 Å². The number of pyridine rings is 1. The topological polar surface area (TPSA) is 47.8 Å². The number of nitrogens with zero attached hydrogens (tertiary/aromatic N) is 3.